The number of amides is 1. The predicted octanol–water partition coefficient (Wildman–Crippen LogP) is 5.63. The lowest BCUT2D eigenvalue weighted by atomic mass is 10.2. The molecule has 1 amide bonds. The fourth-order valence-electron chi connectivity index (χ4n) is 3.49. The van der Waals surface area contributed by atoms with Gasteiger partial charge in [-0.3, -0.25) is 4.79 Å². The molecule has 0 aliphatic heterocycles. The number of aryl methyl sites for hydroxylation is 1. The number of nitrogens with one attached hydrogen (secondary N) is 1. The highest BCUT2D eigenvalue weighted by Crippen LogP contribution is 2.22. The van der Waals surface area contributed by atoms with E-state index < -0.39 is 0 Å². The number of carbonyl (C=O) groups excluding carboxylic acids is 1. The van der Waals surface area contributed by atoms with E-state index in [1.165, 1.54) is 6.26 Å². The number of halogens is 1. The van der Waals surface area contributed by atoms with E-state index in [0.717, 1.165) is 42.0 Å². The summed E-state index contributed by atoms with van der Waals surface area (Å²) in [6.07, 6.45) is 3.29. The van der Waals surface area contributed by atoms with Crippen molar-refractivity contribution in [1.29, 1.82) is 0 Å². The average molecular weight is 438 g/mol. The second-order valence-electron chi connectivity index (χ2n) is 7.29. The number of ether oxygens (including phenoxy) is 1. The van der Waals surface area contributed by atoms with Gasteiger partial charge in [-0.05, 0) is 68.3 Å². The number of carbonyl (C=O) groups is 1. The first kappa shape index (κ1) is 21.0. The van der Waals surface area contributed by atoms with Crippen LogP contribution in [-0.4, -0.2) is 22.1 Å². The first-order valence-electron chi connectivity index (χ1n) is 10.3. The molecule has 160 valence electrons. The third kappa shape index (κ3) is 5.09. The maximum absolute atomic E-state index is 12.4. The van der Waals surface area contributed by atoms with E-state index in [-0.39, 0.29) is 17.7 Å². The lowest BCUT2D eigenvalue weighted by Crippen LogP contribution is -2.28. The molecule has 1 N–H and O–H groups in total. The van der Waals surface area contributed by atoms with Gasteiger partial charge >= 0.3 is 0 Å². The number of furan rings is 1. The van der Waals surface area contributed by atoms with E-state index in [4.69, 9.17) is 25.7 Å². The second kappa shape index (κ2) is 9.71. The summed E-state index contributed by atoms with van der Waals surface area (Å²) in [7, 11) is 0. The monoisotopic (exact) mass is 437 g/mol. The molecule has 6 nitrogen and oxygen atoms in total. The standard InChI is InChI=1S/C24H24ClN3O3/c1-17(26-24(29)22-9-6-16-31-22)23-27-20-7-2-3-8-21(20)28(23)14-4-5-15-30-19-12-10-18(25)11-13-19/h2-3,6-13,16-17H,4-5,14-15H2,1H3,(H,26,29)/t17-/m0/s1. The Morgan fingerprint density at radius 3 is 2.71 bits per heavy atom. The van der Waals surface area contributed by atoms with Gasteiger partial charge in [0, 0.05) is 11.6 Å². The molecule has 0 bridgehead atoms. The maximum atomic E-state index is 12.4. The van der Waals surface area contributed by atoms with E-state index in [1.54, 1.807) is 12.1 Å². The molecular weight excluding hydrogens is 414 g/mol. The van der Waals surface area contributed by atoms with Gasteiger partial charge in [-0.1, -0.05) is 23.7 Å². The van der Waals surface area contributed by atoms with Crippen molar-refractivity contribution in [3.05, 3.63) is 83.5 Å². The van der Waals surface area contributed by atoms with Gasteiger partial charge in [0.2, 0.25) is 0 Å². The Morgan fingerprint density at radius 2 is 1.94 bits per heavy atom. The Kier molecular flexibility index (Phi) is 6.57. The molecule has 4 rings (SSSR count). The first-order valence-corrected chi connectivity index (χ1v) is 10.7. The van der Waals surface area contributed by atoms with Crippen LogP contribution in [0.15, 0.2) is 71.3 Å². The van der Waals surface area contributed by atoms with Crippen LogP contribution in [-0.2, 0) is 6.54 Å². The van der Waals surface area contributed by atoms with Crippen LogP contribution in [0.3, 0.4) is 0 Å². The quantitative estimate of drug-likeness (QED) is 0.344. The molecule has 0 radical (unpaired) electrons. The van der Waals surface area contributed by atoms with Crippen molar-refractivity contribution in [2.75, 3.05) is 6.61 Å². The summed E-state index contributed by atoms with van der Waals surface area (Å²) < 4.78 is 13.2. The minimum atomic E-state index is -0.268. The molecule has 2 aromatic heterocycles. The van der Waals surface area contributed by atoms with Crippen molar-refractivity contribution in [3.8, 4) is 5.75 Å². The number of benzene rings is 2. The van der Waals surface area contributed by atoms with Crippen molar-refractivity contribution in [2.24, 2.45) is 0 Å². The molecule has 31 heavy (non-hydrogen) atoms. The number of nitrogens with zero attached hydrogens (tertiary/aromatic N) is 2. The van der Waals surface area contributed by atoms with Crippen LogP contribution in [0.25, 0.3) is 11.0 Å². The molecule has 0 saturated heterocycles. The smallest absolute Gasteiger partial charge is 0.287 e. The van der Waals surface area contributed by atoms with E-state index >= 15 is 0 Å². The van der Waals surface area contributed by atoms with Crippen LogP contribution < -0.4 is 10.1 Å². The Morgan fingerprint density at radius 1 is 1.13 bits per heavy atom. The Hall–Kier alpha value is -3.25. The molecule has 0 spiro atoms. The molecular formula is C24H24ClN3O3. The molecule has 4 aromatic rings. The van der Waals surface area contributed by atoms with E-state index in [2.05, 4.69) is 16.0 Å². The lowest BCUT2D eigenvalue weighted by Gasteiger charge is -2.16. The van der Waals surface area contributed by atoms with Crippen LogP contribution in [0.5, 0.6) is 5.75 Å². The molecule has 0 aliphatic carbocycles. The van der Waals surface area contributed by atoms with Crippen molar-refractivity contribution < 1.29 is 13.9 Å². The molecule has 2 heterocycles. The van der Waals surface area contributed by atoms with Crippen LogP contribution >= 0.6 is 11.6 Å². The number of unbranched alkanes of at least 4 members (excludes halogenated alkanes) is 1. The average Bonchev–Trinajstić information content (AvgIpc) is 3.43. The van der Waals surface area contributed by atoms with Gasteiger partial charge in [0.25, 0.3) is 5.91 Å². The Labute approximate surface area is 185 Å². The molecule has 0 aliphatic rings. The van der Waals surface area contributed by atoms with Crippen molar-refractivity contribution >= 4 is 28.5 Å². The fourth-order valence-corrected chi connectivity index (χ4v) is 3.62. The SMILES string of the molecule is C[C@H](NC(=O)c1ccco1)c1nc2ccccc2n1CCCCOc1ccc(Cl)cc1. The summed E-state index contributed by atoms with van der Waals surface area (Å²) in [5.41, 5.74) is 1.96. The summed E-state index contributed by atoms with van der Waals surface area (Å²) in [5.74, 6) is 1.66. The summed E-state index contributed by atoms with van der Waals surface area (Å²) in [6, 6.07) is 18.5. The van der Waals surface area contributed by atoms with E-state index in [0.29, 0.717) is 11.6 Å². The van der Waals surface area contributed by atoms with E-state index in [1.807, 2.05) is 49.4 Å². The largest absolute Gasteiger partial charge is 0.494 e. The number of hydrogen-bond donors (Lipinski definition) is 1. The molecule has 1 atom stereocenters. The number of imidazole rings is 1. The zero-order chi connectivity index (χ0) is 21.6. The third-order valence-corrected chi connectivity index (χ3v) is 5.27. The first-order chi connectivity index (χ1) is 15.1. The van der Waals surface area contributed by atoms with Gasteiger partial charge in [0.05, 0.1) is 29.9 Å². The number of rotatable bonds is 9. The predicted molar refractivity (Wildman–Crippen MR) is 121 cm³/mol. The normalized spacial score (nSPS) is 12.1. The molecule has 7 heteroatoms. The number of para-hydroxylation sites is 2. The number of hydrogen-bond acceptors (Lipinski definition) is 4. The number of fused-ring (bicyclic) bond motifs is 1. The van der Waals surface area contributed by atoms with Crippen LogP contribution in [0.2, 0.25) is 5.02 Å². The van der Waals surface area contributed by atoms with Gasteiger partial charge in [-0.25, -0.2) is 4.98 Å². The van der Waals surface area contributed by atoms with Gasteiger partial charge < -0.3 is 19.0 Å². The second-order valence-corrected chi connectivity index (χ2v) is 7.73. The van der Waals surface area contributed by atoms with Gasteiger partial charge in [0.15, 0.2) is 5.76 Å². The summed E-state index contributed by atoms with van der Waals surface area (Å²) in [4.78, 5) is 17.2. The highest BCUT2D eigenvalue weighted by molar-refractivity contribution is 6.30. The van der Waals surface area contributed by atoms with Crippen molar-refractivity contribution in [2.45, 2.75) is 32.4 Å². The summed E-state index contributed by atoms with van der Waals surface area (Å²) in [5, 5.41) is 3.67. The molecule has 0 unspecified atom stereocenters. The zero-order valence-corrected chi connectivity index (χ0v) is 18.0. The lowest BCUT2D eigenvalue weighted by molar-refractivity contribution is 0.0909. The van der Waals surface area contributed by atoms with Gasteiger partial charge in [0.1, 0.15) is 11.6 Å². The minimum Gasteiger partial charge on any atom is -0.494 e. The van der Waals surface area contributed by atoms with Crippen LogP contribution in [0.1, 0.15) is 42.2 Å². The third-order valence-electron chi connectivity index (χ3n) is 5.02. The molecule has 0 fully saturated rings. The summed E-state index contributed by atoms with van der Waals surface area (Å²) in [6.45, 7) is 3.33. The Balaban J connectivity index is 1.41. The van der Waals surface area contributed by atoms with Gasteiger partial charge in [-0.2, -0.15) is 0 Å². The highest BCUT2D eigenvalue weighted by Gasteiger charge is 2.19. The topological polar surface area (TPSA) is 69.3 Å². The number of aromatic nitrogens is 2. The minimum absolute atomic E-state index is 0.257. The maximum Gasteiger partial charge on any atom is 0.287 e. The van der Waals surface area contributed by atoms with E-state index in [9.17, 15) is 4.79 Å². The van der Waals surface area contributed by atoms with Crippen molar-refractivity contribution in [3.63, 3.8) is 0 Å². The van der Waals surface area contributed by atoms with Crippen molar-refractivity contribution in [1.82, 2.24) is 14.9 Å². The van der Waals surface area contributed by atoms with Crippen LogP contribution in [0.4, 0.5) is 0 Å². The highest BCUT2D eigenvalue weighted by atomic mass is 35.5. The van der Waals surface area contributed by atoms with Gasteiger partial charge in [-0.15, -0.1) is 0 Å². The molecule has 0 saturated carbocycles. The summed E-state index contributed by atoms with van der Waals surface area (Å²) >= 11 is 5.91. The van der Waals surface area contributed by atoms with Crippen LogP contribution in [0, 0.1) is 0 Å². The Bertz CT molecular complexity index is 1140. The zero-order valence-electron chi connectivity index (χ0n) is 17.3. The molecule has 2 aromatic carbocycles. The fraction of sp³-hybridized carbons (Fsp3) is 0.250.